The van der Waals surface area contributed by atoms with Crippen LogP contribution < -0.4 is 10.6 Å². The summed E-state index contributed by atoms with van der Waals surface area (Å²) in [4.78, 5) is 27.3. The van der Waals surface area contributed by atoms with Gasteiger partial charge in [0.25, 0.3) is 5.91 Å². The van der Waals surface area contributed by atoms with Gasteiger partial charge in [-0.15, -0.1) is 0 Å². The predicted octanol–water partition coefficient (Wildman–Crippen LogP) is 4.76. The van der Waals surface area contributed by atoms with Crippen LogP contribution in [0, 0.1) is 17.2 Å². The standard InChI is InChI=1S/C25H35F4N3O2/c1-24(2,3)23(34)31-20-6-4-5-7-21(20)32-10-8-16(9-11-32)15-30-22(33)17-12-18(25(27,28)29)14-19(26)13-17/h12-14,16,20-21H,4-11,15H2,1-3H3,(H,30,33)(H,31,34)/t20-,21?/m1/s1. The van der Waals surface area contributed by atoms with Crippen molar-refractivity contribution in [1.82, 2.24) is 15.5 Å². The van der Waals surface area contributed by atoms with Gasteiger partial charge in [-0.05, 0) is 62.9 Å². The summed E-state index contributed by atoms with van der Waals surface area (Å²) in [5.41, 5.74) is -1.94. The van der Waals surface area contributed by atoms with Crippen molar-refractivity contribution in [3.63, 3.8) is 0 Å². The van der Waals surface area contributed by atoms with Crippen LogP contribution in [0.25, 0.3) is 0 Å². The quantitative estimate of drug-likeness (QED) is 0.592. The molecule has 190 valence electrons. The highest BCUT2D eigenvalue weighted by Gasteiger charge is 2.35. The second-order valence-electron chi connectivity index (χ2n) is 10.6. The number of nitrogens with one attached hydrogen (secondary N) is 2. The van der Waals surface area contributed by atoms with Gasteiger partial charge in [-0.3, -0.25) is 14.5 Å². The zero-order valence-corrected chi connectivity index (χ0v) is 20.1. The van der Waals surface area contributed by atoms with Crippen molar-refractivity contribution >= 4 is 11.8 Å². The summed E-state index contributed by atoms with van der Waals surface area (Å²) in [6.07, 6.45) is 1.21. The minimum Gasteiger partial charge on any atom is -0.352 e. The molecule has 2 fully saturated rings. The number of hydrogen-bond donors (Lipinski definition) is 2. The van der Waals surface area contributed by atoms with Crippen molar-refractivity contribution in [3.8, 4) is 0 Å². The van der Waals surface area contributed by atoms with Gasteiger partial charge in [-0.25, -0.2) is 4.39 Å². The Kier molecular flexibility index (Phi) is 8.26. The fraction of sp³-hybridized carbons (Fsp3) is 0.680. The largest absolute Gasteiger partial charge is 0.416 e. The van der Waals surface area contributed by atoms with Crippen LogP contribution in [0.3, 0.4) is 0 Å². The maximum Gasteiger partial charge on any atom is 0.416 e. The molecule has 34 heavy (non-hydrogen) atoms. The molecular formula is C25H35F4N3O2. The third-order valence-electron chi connectivity index (χ3n) is 6.88. The van der Waals surface area contributed by atoms with Gasteiger partial charge in [0, 0.05) is 29.6 Å². The monoisotopic (exact) mass is 485 g/mol. The molecule has 0 aromatic heterocycles. The van der Waals surface area contributed by atoms with E-state index in [0.29, 0.717) is 24.7 Å². The van der Waals surface area contributed by atoms with E-state index in [1.54, 1.807) is 0 Å². The van der Waals surface area contributed by atoms with Crippen LogP contribution in [0.1, 0.15) is 75.2 Å². The Hall–Kier alpha value is -2.16. The van der Waals surface area contributed by atoms with Crippen molar-refractivity contribution < 1.29 is 27.2 Å². The van der Waals surface area contributed by atoms with Gasteiger partial charge in [0.05, 0.1) is 5.56 Å². The van der Waals surface area contributed by atoms with E-state index in [2.05, 4.69) is 15.5 Å². The number of carbonyl (C=O) groups excluding carboxylic acids is 2. The number of carbonyl (C=O) groups is 2. The average molecular weight is 486 g/mol. The molecule has 2 N–H and O–H groups in total. The Morgan fingerprint density at radius 2 is 1.65 bits per heavy atom. The smallest absolute Gasteiger partial charge is 0.352 e. The minimum atomic E-state index is -4.71. The first-order valence-corrected chi connectivity index (χ1v) is 12.1. The zero-order valence-electron chi connectivity index (χ0n) is 20.1. The van der Waals surface area contributed by atoms with Crippen molar-refractivity contribution in [2.75, 3.05) is 19.6 Å². The third kappa shape index (κ3) is 6.93. The van der Waals surface area contributed by atoms with E-state index in [1.165, 1.54) is 0 Å². The SMILES string of the molecule is CC(C)(C)C(=O)N[C@@H]1CCCCC1N1CCC(CNC(=O)c2cc(F)cc(C(F)(F)F)c2)CC1. The van der Waals surface area contributed by atoms with Crippen LogP contribution in [0.4, 0.5) is 17.6 Å². The van der Waals surface area contributed by atoms with E-state index < -0.39 is 28.9 Å². The summed E-state index contributed by atoms with van der Waals surface area (Å²) in [5, 5.41) is 5.92. The van der Waals surface area contributed by atoms with Crippen molar-refractivity contribution in [2.45, 2.75) is 77.6 Å². The lowest BCUT2D eigenvalue weighted by Gasteiger charge is -2.44. The van der Waals surface area contributed by atoms with E-state index in [-0.39, 0.29) is 23.4 Å². The normalized spacial score (nSPS) is 22.9. The van der Waals surface area contributed by atoms with Crippen LogP contribution >= 0.6 is 0 Å². The molecule has 2 amide bonds. The highest BCUT2D eigenvalue weighted by atomic mass is 19.4. The van der Waals surface area contributed by atoms with E-state index in [1.807, 2.05) is 20.8 Å². The second-order valence-corrected chi connectivity index (χ2v) is 10.6. The van der Waals surface area contributed by atoms with Gasteiger partial charge in [0.15, 0.2) is 0 Å². The van der Waals surface area contributed by atoms with Crippen LogP contribution in [0.15, 0.2) is 18.2 Å². The van der Waals surface area contributed by atoms with E-state index >= 15 is 0 Å². The van der Waals surface area contributed by atoms with Gasteiger partial charge >= 0.3 is 6.18 Å². The predicted molar refractivity (Wildman–Crippen MR) is 122 cm³/mol. The van der Waals surface area contributed by atoms with Crippen molar-refractivity contribution in [2.24, 2.45) is 11.3 Å². The number of likely N-dealkylation sites (tertiary alicyclic amines) is 1. The number of rotatable bonds is 5. The number of halogens is 4. The van der Waals surface area contributed by atoms with Crippen LogP contribution in [-0.4, -0.2) is 48.4 Å². The summed E-state index contributed by atoms with van der Waals surface area (Å²) < 4.78 is 52.3. The first-order chi connectivity index (χ1) is 15.8. The molecule has 2 aliphatic rings. The second kappa shape index (κ2) is 10.6. The molecule has 9 heteroatoms. The molecular weight excluding hydrogens is 450 g/mol. The van der Waals surface area contributed by atoms with Gasteiger partial charge < -0.3 is 10.6 Å². The van der Waals surface area contributed by atoms with Crippen molar-refractivity contribution in [1.29, 1.82) is 0 Å². The lowest BCUT2D eigenvalue weighted by Crippen LogP contribution is -2.56. The highest BCUT2D eigenvalue weighted by molar-refractivity contribution is 5.94. The number of benzene rings is 1. The van der Waals surface area contributed by atoms with E-state index in [0.717, 1.165) is 57.7 Å². The van der Waals surface area contributed by atoms with Crippen molar-refractivity contribution in [3.05, 3.63) is 35.1 Å². The Morgan fingerprint density at radius 1 is 1.00 bits per heavy atom. The number of hydrogen-bond acceptors (Lipinski definition) is 3. The summed E-state index contributed by atoms with van der Waals surface area (Å²) in [5.74, 6) is -1.53. The summed E-state index contributed by atoms with van der Waals surface area (Å²) in [6.45, 7) is 7.74. The molecule has 1 aliphatic carbocycles. The number of piperidine rings is 1. The summed E-state index contributed by atoms with van der Waals surface area (Å²) in [6, 6.07) is 2.31. The fourth-order valence-electron chi connectivity index (χ4n) is 4.81. The maximum absolute atomic E-state index is 13.6. The van der Waals surface area contributed by atoms with E-state index in [4.69, 9.17) is 0 Å². The Labute approximate surface area is 198 Å². The first kappa shape index (κ1) is 26.4. The lowest BCUT2D eigenvalue weighted by atomic mass is 9.85. The molecule has 1 saturated heterocycles. The Morgan fingerprint density at radius 3 is 2.26 bits per heavy atom. The molecule has 1 aromatic carbocycles. The van der Waals surface area contributed by atoms with Gasteiger partial charge in [0.1, 0.15) is 5.82 Å². The van der Waals surface area contributed by atoms with Gasteiger partial charge in [0.2, 0.25) is 5.91 Å². The molecule has 0 radical (unpaired) electrons. The molecule has 1 saturated carbocycles. The average Bonchev–Trinajstić information content (AvgIpc) is 2.76. The van der Waals surface area contributed by atoms with E-state index in [9.17, 15) is 27.2 Å². The molecule has 1 aliphatic heterocycles. The van der Waals surface area contributed by atoms with Crippen LogP contribution in [0.5, 0.6) is 0 Å². The molecule has 5 nitrogen and oxygen atoms in total. The third-order valence-corrected chi connectivity index (χ3v) is 6.88. The minimum absolute atomic E-state index is 0.0630. The topological polar surface area (TPSA) is 61.4 Å². The van der Waals surface area contributed by atoms with Crippen LogP contribution in [-0.2, 0) is 11.0 Å². The number of nitrogens with zero attached hydrogens (tertiary/aromatic N) is 1. The Bertz CT molecular complexity index is 874. The first-order valence-electron chi connectivity index (χ1n) is 12.1. The maximum atomic E-state index is 13.6. The molecule has 1 unspecified atom stereocenters. The molecule has 0 bridgehead atoms. The zero-order chi connectivity index (χ0) is 25.1. The van der Waals surface area contributed by atoms with Gasteiger partial charge in [-0.2, -0.15) is 13.2 Å². The lowest BCUT2D eigenvalue weighted by molar-refractivity contribution is -0.137. The molecule has 1 heterocycles. The number of alkyl halides is 3. The van der Waals surface area contributed by atoms with Gasteiger partial charge in [-0.1, -0.05) is 33.6 Å². The molecule has 2 atom stereocenters. The summed E-state index contributed by atoms with van der Waals surface area (Å²) in [7, 11) is 0. The highest BCUT2D eigenvalue weighted by Crippen LogP contribution is 2.31. The Balaban J connectivity index is 1.51. The fourth-order valence-corrected chi connectivity index (χ4v) is 4.81. The molecule has 0 spiro atoms. The summed E-state index contributed by atoms with van der Waals surface area (Å²) >= 11 is 0. The molecule has 3 rings (SSSR count). The van der Waals surface area contributed by atoms with Crippen LogP contribution in [0.2, 0.25) is 0 Å². The number of amides is 2. The molecule has 1 aromatic rings.